The summed E-state index contributed by atoms with van der Waals surface area (Å²) in [6.45, 7) is 2.45. The highest BCUT2D eigenvalue weighted by Gasteiger charge is 2.22. The molecule has 2 rings (SSSR count). The number of nitrogens with one attached hydrogen (secondary N) is 1. The molecular weight excluding hydrogens is 217 g/mol. The van der Waals surface area contributed by atoms with E-state index < -0.39 is 0 Å². The molecule has 1 fully saturated rings. The highest BCUT2D eigenvalue weighted by atomic mass is 19.1. The van der Waals surface area contributed by atoms with Gasteiger partial charge in [-0.15, -0.1) is 0 Å². The summed E-state index contributed by atoms with van der Waals surface area (Å²) >= 11 is 0. The summed E-state index contributed by atoms with van der Waals surface area (Å²) in [5.41, 5.74) is 1.14. The lowest BCUT2D eigenvalue weighted by atomic mass is 10.00. The van der Waals surface area contributed by atoms with Gasteiger partial charge in [-0.25, -0.2) is 4.39 Å². The monoisotopic (exact) mass is 237 g/mol. The van der Waals surface area contributed by atoms with Gasteiger partial charge in [0.2, 0.25) is 0 Å². The molecule has 0 heterocycles. The molecule has 3 heteroatoms. The third-order valence-electron chi connectivity index (χ3n) is 3.16. The van der Waals surface area contributed by atoms with Crippen molar-refractivity contribution in [3.8, 4) is 0 Å². The Morgan fingerprint density at radius 3 is 2.65 bits per heavy atom. The SMILES string of the molecule is CNCC(COCC1CC1)c1ccc(F)cc1. The topological polar surface area (TPSA) is 21.3 Å². The van der Waals surface area contributed by atoms with Crippen LogP contribution in [0.25, 0.3) is 0 Å². The predicted molar refractivity (Wildman–Crippen MR) is 66.6 cm³/mol. The van der Waals surface area contributed by atoms with Gasteiger partial charge in [-0.05, 0) is 43.5 Å². The molecule has 17 heavy (non-hydrogen) atoms. The summed E-state index contributed by atoms with van der Waals surface area (Å²) in [7, 11) is 1.93. The van der Waals surface area contributed by atoms with Gasteiger partial charge in [0.25, 0.3) is 0 Å². The van der Waals surface area contributed by atoms with E-state index in [-0.39, 0.29) is 5.82 Å². The van der Waals surface area contributed by atoms with Crippen molar-refractivity contribution in [2.24, 2.45) is 5.92 Å². The van der Waals surface area contributed by atoms with Gasteiger partial charge in [-0.3, -0.25) is 0 Å². The third kappa shape index (κ3) is 4.10. The molecule has 0 bridgehead atoms. The summed E-state index contributed by atoms with van der Waals surface area (Å²) in [4.78, 5) is 0. The molecule has 1 saturated carbocycles. The van der Waals surface area contributed by atoms with Crippen LogP contribution in [0, 0.1) is 11.7 Å². The highest BCUT2D eigenvalue weighted by Crippen LogP contribution is 2.29. The maximum absolute atomic E-state index is 12.9. The van der Waals surface area contributed by atoms with E-state index >= 15 is 0 Å². The van der Waals surface area contributed by atoms with E-state index in [2.05, 4.69) is 5.32 Å². The number of benzene rings is 1. The van der Waals surface area contributed by atoms with E-state index in [1.165, 1.54) is 25.0 Å². The fourth-order valence-corrected chi connectivity index (χ4v) is 1.92. The van der Waals surface area contributed by atoms with E-state index in [1.54, 1.807) is 0 Å². The van der Waals surface area contributed by atoms with Crippen LogP contribution in [0.4, 0.5) is 4.39 Å². The minimum Gasteiger partial charge on any atom is -0.380 e. The second kappa shape index (κ2) is 6.12. The molecule has 1 unspecified atom stereocenters. The predicted octanol–water partition coefficient (Wildman–Crippen LogP) is 2.56. The van der Waals surface area contributed by atoms with Crippen molar-refractivity contribution in [2.45, 2.75) is 18.8 Å². The van der Waals surface area contributed by atoms with Crippen LogP contribution >= 0.6 is 0 Å². The molecule has 0 saturated heterocycles. The average Bonchev–Trinajstić information content (AvgIpc) is 3.13. The van der Waals surface area contributed by atoms with Crippen LogP contribution in [0.3, 0.4) is 0 Å². The summed E-state index contributed by atoms with van der Waals surface area (Å²) in [5.74, 6) is 0.911. The van der Waals surface area contributed by atoms with Crippen LogP contribution < -0.4 is 5.32 Å². The Morgan fingerprint density at radius 1 is 1.35 bits per heavy atom. The van der Waals surface area contributed by atoms with Crippen molar-refractivity contribution in [2.75, 3.05) is 26.8 Å². The van der Waals surface area contributed by atoms with Crippen LogP contribution in [0.2, 0.25) is 0 Å². The minimum atomic E-state index is -0.184. The van der Waals surface area contributed by atoms with Crippen molar-refractivity contribution < 1.29 is 9.13 Å². The molecule has 1 aliphatic rings. The molecule has 0 spiro atoms. The molecule has 1 aliphatic carbocycles. The van der Waals surface area contributed by atoms with Crippen molar-refractivity contribution >= 4 is 0 Å². The number of halogens is 1. The second-order valence-corrected chi connectivity index (χ2v) is 4.79. The molecular formula is C14H20FNO. The van der Waals surface area contributed by atoms with Gasteiger partial charge < -0.3 is 10.1 Å². The molecule has 1 atom stereocenters. The smallest absolute Gasteiger partial charge is 0.123 e. The number of likely N-dealkylation sites (N-methyl/N-ethyl adjacent to an activating group) is 1. The number of hydrogen-bond acceptors (Lipinski definition) is 2. The van der Waals surface area contributed by atoms with E-state index in [0.717, 1.165) is 24.6 Å². The molecule has 0 aromatic heterocycles. The number of ether oxygens (including phenoxy) is 1. The first-order valence-corrected chi connectivity index (χ1v) is 6.27. The van der Waals surface area contributed by atoms with E-state index in [0.29, 0.717) is 12.5 Å². The molecule has 1 aromatic carbocycles. The maximum atomic E-state index is 12.9. The third-order valence-corrected chi connectivity index (χ3v) is 3.16. The Labute approximate surface area is 102 Å². The standard InChI is InChI=1S/C14H20FNO/c1-16-8-13(10-17-9-11-2-3-11)12-4-6-14(15)7-5-12/h4-7,11,13,16H,2-3,8-10H2,1H3. The molecule has 94 valence electrons. The highest BCUT2D eigenvalue weighted by molar-refractivity contribution is 5.21. The van der Waals surface area contributed by atoms with Gasteiger partial charge in [0.1, 0.15) is 5.82 Å². The zero-order valence-corrected chi connectivity index (χ0v) is 10.3. The number of hydrogen-bond donors (Lipinski definition) is 1. The number of rotatable bonds is 7. The summed E-state index contributed by atoms with van der Waals surface area (Å²) < 4.78 is 18.6. The summed E-state index contributed by atoms with van der Waals surface area (Å²) in [6, 6.07) is 6.72. The van der Waals surface area contributed by atoms with Crippen molar-refractivity contribution in [1.29, 1.82) is 0 Å². The van der Waals surface area contributed by atoms with E-state index in [1.807, 2.05) is 19.2 Å². The van der Waals surface area contributed by atoms with Gasteiger partial charge in [0.15, 0.2) is 0 Å². The van der Waals surface area contributed by atoms with Crippen molar-refractivity contribution in [3.63, 3.8) is 0 Å². The quantitative estimate of drug-likeness (QED) is 0.787. The molecule has 0 amide bonds. The van der Waals surface area contributed by atoms with Crippen LogP contribution in [0.1, 0.15) is 24.3 Å². The van der Waals surface area contributed by atoms with Crippen LogP contribution in [-0.4, -0.2) is 26.8 Å². The van der Waals surface area contributed by atoms with Gasteiger partial charge in [0.05, 0.1) is 6.61 Å². The molecule has 0 radical (unpaired) electrons. The Hall–Kier alpha value is -0.930. The Balaban J connectivity index is 1.87. The zero-order valence-electron chi connectivity index (χ0n) is 10.3. The van der Waals surface area contributed by atoms with Crippen molar-refractivity contribution in [1.82, 2.24) is 5.32 Å². The first-order chi connectivity index (χ1) is 8.29. The summed E-state index contributed by atoms with van der Waals surface area (Å²) in [5, 5.41) is 3.16. The van der Waals surface area contributed by atoms with Gasteiger partial charge in [-0.2, -0.15) is 0 Å². The lowest BCUT2D eigenvalue weighted by molar-refractivity contribution is 0.110. The van der Waals surface area contributed by atoms with Crippen LogP contribution in [0.15, 0.2) is 24.3 Å². The van der Waals surface area contributed by atoms with Crippen LogP contribution in [0.5, 0.6) is 0 Å². The maximum Gasteiger partial charge on any atom is 0.123 e. The molecule has 1 aromatic rings. The Morgan fingerprint density at radius 2 is 2.06 bits per heavy atom. The summed E-state index contributed by atoms with van der Waals surface area (Å²) in [6.07, 6.45) is 2.63. The second-order valence-electron chi connectivity index (χ2n) is 4.79. The normalized spacial score (nSPS) is 17.1. The molecule has 2 nitrogen and oxygen atoms in total. The first-order valence-electron chi connectivity index (χ1n) is 6.27. The van der Waals surface area contributed by atoms with Gasteiger partial charge >= 0.3 is 0 Å². The average molecular weight is 237 g/mol. The lowest BCUT2D eigenvalue weighted by Crippen LogP contribution is -2.22. The largest absolute Gasteiger partial charge is 0.380 e. The van der Waals surface area contributed by atoms with Crippen LogP contribution in [-0.2, 0) is 4.74 Å². The van der Waals surface area contributed by atoms with Gasteiger partial charge in [0, 0.05) is 19.1 Å². The fourth-order valence-electron chi connectivity index (χ4n) is 1.92. The zero-order chi connectivity index (χ0) is 12.1. The van der Waals surface area contributed by atoms with E-state index in [4.69, 9.17) is 4.74 Å². The Kier molecular flexibility index (Phi) is 4.51. The van der Waals surface area contributed by atoms with Crippen molar-refractivity contribution in [3.05, 3.63) is 35.6 Å². The lowest BCUT2D eigenvalue weighted by Gasteiger charge is -2.17. The Bertz CT molecular complexity index is 335. The molecule has 1 N–H and O–H groups in total. The first kappa shape index (κ1) is 12.5. The van der Waals surface area contributed by atoms with Gasteiger partial charge in [-0.1, -0.05) is 12.1 Å². The molecule has 0 aliphatic heterocycles. The van der Waals surface area contributed by atoms with E-state index in [9.17, 15) is 4.39 Å². The fraction of sp³-hybridized carbons (Fsp3) is 0.571. The minimum absolute atomic E-state index is 0.184.